The molecule has 0 aliphatic carbocycles. The number of hydrogen-bond donors (Lipinski definition) is 0. The highest BCUT2D eigenvalue weighted by Crippen LogP contribution is 2.20. The summed E-state index contributed by atoms with van der Waals surface area (Å²) in [6.45, 7) is 3.54. The van der Waals surface area contributed by atoms with E-state index in [0.717, 1.165) is 22.0 Å². The van der Waals surface area contributed by atoms with Crippen LogP contribution in [0, 0.1) is 6.92 Å². The van der Waals surface area contributed by atoms with Crippen LogP contribution in [-0.2, 0) is 0 Å². The lowest BCUT2D eigenvalue weighted by atomic mass is 10.0. The van der Waals surface area contributed by atoms with Gasteiger partial charge < -0.3 is 0 Å². The van der Waals surface area contributed by atoms with Crippen LogP contribution in [0.5, 0.6) is 0 Å². The number of ketones is 1. The Bertz CT molecular complexity index is 503. The Morgan fingerprint density at radius 2 is 2.00 bits per heavy atom. The Hall–Kier alpha value is -1.70. The Morgan fingerprint density at radius 3 is 2.71 bits per heavy atom. The minimum Gasteiger partial charge on any atom is -0.294 e. The van der Waals surface area contributed by atoms with Crippen LogP contribution in [0.25, 0.3) is 10.8 Å². The molecule has 0 spiro atoms. The van der Waals surface area contributed by atoms with Crippen molar-refractivity contribution in [2.75, 3.05) is 0 Å². The smallest absolute Gasteiger partial charge is 0.160 e. The summed E-state index contributed by atoms with van der Waals surface area (Å²) in [6, 6.07) is 7.63. The van der Waals surface area contributed by atoms with Crippen molar-refractivity contribution < 1.29 is 4.79 Å². The molecule has 0 aliphatic heterocycles. The Balaban J connectivity index is 2.88. The van der Waals surface area contributed by atoms with E-state index >= 15 is 0 Å². The maximum Gasteiger partial charge on any atom is 0.160 e. The molecule has 1 aromatic heterocycles. The first-order valence-corrected chi connectivity index (χ1v) is 4.55. The minimum absolute atomic E-state index is 0.0983. The van der Waals surface area contributed by atoms with Gasteiger partial charge in [0.1, 0.15) is 0 Å². The van der Waals surface area contributed by atoms with E-state index in [-0.39, 0.29) is 5.78 Å². The van der Waals surface area contributed by atoms with Gasteiger partial charge in [-0.15, -0.1) is 0 Å². The fourth-order valence-corrected chi connectivity index (χ4v) is 1.66. The van der Waals surface area contributed by atoms with Gasteiger partial charge in [0, 0.05) is 22.8 Å². The molecule has 1 aromatic carbocycles. The molecule has 0 amide bonds. The molecule has 0 N–H and O–H groups in total. The van der Waals surface area contributed by atoms with E-state index in [1.165, 1.54) is 0 Å². The van der Waals surface area contributed by atoms with E-state index < -0.39 is 0 Å². The largest absolute Gasteiger partial charge is 0.294 e. The molecule has 2 heteroatoms. The third kappa shape index (κ3) is 1.29. The quantitative estimate of drug-likeness (QED) is 0.639. The van der Waals surface area contributed by atoms with Gasteiger partial charge in [-0.3, -0.25) is 9.78 Å². The molecule has 0 saturated heterocycles. The van der Waals surface area contributed by atoms with E-state index in [1.807, 2.05) is 31.2 Å². The zero-order valence-corrected chi connectivity index (χ0v) is 8.24. The molecule has 0 atom stereocenters. The van der Waals surface area contributed by atoms with Crippen LogP contribution in [0.2, 0.25) is 0 Å². The number of carbonyl (C=O) groups excluding carboxylic acids is 1. The van der Waals surface area contributed by atoms with Crippen molar-refractivity contribution in [3.05, 3.63) is 41.7 Å². The second kappa shape index (κ2) is 3.22. The molecule has 0 aliphatic rings. The van der Waals surface area contributed by atoms with E-state index in [4.69, 9.17) is 0 Å². The molecule has 14 heavy (non-hydrogen) atoms. The highest BCUT2D eigenvalue weighted by molar-refractivity contribution is 6.07. The molecular weight excluding hydrogens is 174 g/mol. The summed E-state index contributed by atoms with van der Waals surface area (Å²) in [5.74, 6) is 0.0983. The first kappa shape index (κ1) is 8.88. The van der Waals surface area contributed by atoms with Crippen LogP contribution >= 0.6 is 0 Å². The summed E-state index contributed by atoms with van der Waals surface area (Å²) >= 11 is 0. The highest BCUT2D eigenvalue weighted by atomic mass is 16.1. The fourth-order valence-electron chi connectivity index (χ4n) is 1.66. The van der Waals surface area contributed by atoms with Crippen molar-refractivity contribution in [1.29, 1.82) is 0 Å². The lowest BCUT2D eigenvalue weighted by Gasteiger charge is -2.04. The van der Waals surface area contributed by atoms with Crippen LogP contribution in [0.4, 0.5) is 0 Å². The number of nitrogens with zero attached hydrogens (tertiary/aromatic N) is 1. The van der Waals surface area contributed by atoms with E-state index in [9.17, 15) is 4.79 Å². The molecule has 0 fully saturated rings. The van der Waals surface area contributed by atoms with Gasteiger partial charge in [-0.25, -0.2) is 0 Å². The van der Waals surface area contributed by atoms with Crippen LogP contribution in [0.15, 0.2) is 30.5 Å². The van der Waals surface area contributed by atoms with Gasteiger partial charge in [0.05, 0.1) is 0 Å². The highest BCUT2D eigenvalue weighted by Gasteiger charge is 2.05. The number of carbonyl (C=O) groups is 1. The Morgan fingerprint density at radius 1 is 1.21 bits per heavy atom. The summed E-state index contributed by atoms with van der Waals surface area (Å²) in [5.41, 5.74) is 1.73. The van der Waals surface area contributed by atoms with Gasteiger partial charge in [0.2, 0.25) is 0 Å². The zero-order chi connectivity index (χ0) is 10.1. The molecule has 2 nitrogen and oxygen atoms in total. The Kier molecular flexibility index (Phi) is 2.04. The third-order valence-corrected chi connectivity index (χ3v) is 2.38. The normalized spacial score (nSPS) is 10.4. The van der Waals surface area contributed by atoms with Crippen LogP contribution in [-0.4, -0.2) is 10.8 Å². The molecular formula is C12H11NO. The average Bonchev–Trinajstić information content (AvgIpc) is 2.17. The number of Topliss-reactive ketones (excluding diaryl/α,β-unsaturated/α-hetero) is 1. The van der Waals surface area contributed by atoms with E-state index in [2.05, 4.69) is 4.98 Å². The first-order valence-electron chi connectivity index (χ1n) is 4.55. The summed E-state index contributed by atoms with van der Waals surface area (Å²) in [7, 11) is 0. The lowest BCUT2D eigenvalue weighted by molar-refractivity contribution is 0.101. The van der Waals surface area contributed by atoms with Crippen molar-refractivity contribution in [1.82, 2.24) is 4.98 Å². The van der Waals surface area contributed by atoms with Crippen LogP contribution in [0.1, 0.15) is 23.0 Å². The van der Waals surface area contributed by atoms with Gasteiger partial charge in [0.15, 0.2) is 5.78 Å². The average molecular weight is 185 g/mol. The minimum atomic E-state index is 0.0983. The van der Waals surface area contributed by atoms with Gasteiger partial charge in [0.25, 0.3) is 0 Å². The predicted molar refractivity (Wildman–Crippen MR) is 56.5 cm³/mol. The number of pyridine rings is 1. The van der Waals surface area contributed by atoms with Crippen molar-refractivity contribution in [2.45, 2.75) is 13.8 Å². The molecule has 0 unspecified atom stereocenters. The van der Waals surface area contributed by atoms with Gasteiger partial charge in [-0.2, -0.15) is 0 Å². The fraction of sp³-hybridized carbons (Fsp3) is 0.167. The second-order valence-electron chi connectivity index (χ2n) is 3.35. The van der Waals surface area contributed by atoms with Crippen LogP contribution < -0.4 is 0 Å². The molecule has 1 heterocycles. The maximum atomic E-state index is 11.4. The number of fused-ring (bicyclic) bond motifs is 1. The van der Waals surface area contributed by atoms with E-state index in [1.54, 1.807) is 13.1 Å². The summed E-state index contributed by atoms with van der Waals surface area (Å²) in [4.78, 5) is 15.5. The zero-order valence-electron chi connectivity index (χ0n) is 8.24. The van der Waals surface area contributed by atoms with Gasteiger partial charge in [-0.1, -0.05) is 18.2 Å². The van der Waals surface area contributed by atoms with Crippen molar-refractivity contribution in [3.63, 3.8) is 0 Å². The number of aryl methyl sites for hydroxylation is 1. The summed E-state index contributed by atoms with van der Waals surface area (Å²) in [6.07, 6.45) is 1.74. The van der Waals surface area contributed by atoms with Gasteiger partial charge >= 0.3 is 0 Å². The summed E-state index contributed by atoms with van der Waals surface area (Å²) in [5, 5.41) is 2.05. The maximum absolute atomic E-state index is 11.4. The molecule has 0 bridgehead atoms. The first-order chi connectivity index (χ1) is 6.70. The SMILES string of the molecule is CC(=O)c1cccc2c(C)nccc12. The van der Waals surface area contributed by atoms with Crippen molar-refractivity contribution in [2.24, 2.45) is 0 Å². The monoisotopic (exact) mass is 185 g/mol. The lowest BCUT2D eigenvalue weighted by Crippen LogP contribution is -1.94. The van der Waals surface area contributed by atoms with Gasteiger partial charge in [-0.05, 0) is 25.3 Å². The Labute approximate surface area is 82.6 Å². The second-order valence-corrected chi connectivity index (χ2v) is 3.35. The van der Waals surface area contributed by atoms with E-state index in [0.29, 0.717) is 0 Å². The standard InChI is InChI=1S/C12H11NO/c1-8-10-4-3-5-11(9(2)14)12(10)6-7-13-8/h3-7H,1-2H3. The molecule has 2 aromatic rings. The molecule has 2 rings (SSSR count). The topological polar surface area (TPSA) is 30.0 Å². The number of aromatic nitrogens is 1. The molecule has 0 saturated carbocycles. The molecule has 70 valence electrons. The third-order valence-electron chi connectivity index (χ3n) is 2.38. The van der Waals surface area contributed by atoms with Crippen LogP contribution in [0.3, 0.4) is 0 Å². The molecule has 0 radical (unpaired) electrons. The number of hydrogen-bond acceptors (Lipinski definition) is 2. The van der Waals surface area contributed by atoms with Crippen molar-refractivity contribution >= 4 is 16.6 Å². The number of rotatable bonds is 1. The number of benzene rings is 1. The van der Waals surface area contributed by atoms with Crippen molar-refractivity contribution in [3.8, 4) is 0 Å². The predicted octanol–water partition coefficient (Wildman–Crippen LogP) is 2.75. The summed E-state index contributed by atoms with van der Waals surface area (Å²) < 4.78 is 0.